The summed E-state index contributed by atoms with van der Waals surface area (Å²) in [6.07, 6.45) is 3.41. The van der Waals surface area contributed by atoms with Crippen LogP contribution in [0.2, 0.25) is 0 Å². The third-order valence-electron chi connectivity index (χ3n) is 4.54. The van der Waals surface area contributed by atoms with Gasteiger partial charge in [0.05, 0.1) is 23.1 Å². The molecule has 1 N–H and O–H groups in total. The molecule has 6 nitrogen and oxygen atoms in total. The molecule has 0 radical (unpaired) electrons. The fraction of sp³-hybridized carbons (Fsp3) is 0.150. The number of aryl methyl sites for hydroxylation is 2. The molecule has 3 aromatic heterocycles. The molecule has 130 valence electrons. The van der Waals surface area contributed by atoms with E-state index in [1.165, 1.54) is 10.7 Å². The number of aromatic amines is 1. The van der Waals surface area contributed by atoms with E-state index in [4.69, 9.17) is 0 Å². The van der Waals surface area contributed by atoms with Gasteiger partial charge in [-0.25, -0.2) is 4.68 Å². The maximum Gasteiger partial charge on any atom is 0.280 e. The van der Waals surface area contributed by atoms with Gasteiger partial charge in [-0.2, -0.15) is 0 Å². The molecule has 4 rings (SSSR count). The highest BCUT2D eigenvalue weighted by Crippen LogP contribution is 2.15. The van der Waals surface area contributed by atoms with Crippen LogP contribution in [-0.2, 0) is 6.54 Å². The monoisotopic (exact) mass is 346 g/mol. The molecule has 0 aliphatic carbocycles. The Morgan fingerprint density at radius 2 is 1.92 bits per heavy atom. The van der Waals surface area contributed by atoms with Crippen LogP contribution in [0.25, 0.3) is 16.6 Å². The van der Waals surface area contributed by atoms with Crippen molar-refractivity contribution in [2.24, 2.45) is 0 Å². The molecule has 1 aromatic carbocycles. The molecule has 0 aliphatic heterocycles. The van der Waals surface area contributed by atoms with E-state index in [1.807, 2.05) is 43.3 Å². The Labute approximate surface area is 149 Å². The quantitative estimate of drug-likeness (QED) is 0.620. The number of nitrogens with zero attached hydrogens (tertiary/aromatic N) is 3. The summed E-state index contributed by atoms with van der Waals surface area (Å²) in [6.45, 7) is 4.15. The Morgan fingerprint density at radius 1 is 1.08 bits per heavy atom. The van der Waals surface area contributed by atoms with E-state index in [2.05, 4.69) is 10.1 Å². The van der Waals surface area contributed by atoms with E-state index in [9.17, 15) is 9.59 Å². The minimum Gasteiger partial charge on any atom is -0.308 e. The van der Waals surface area contributed by atoms with Crippen LogP contribution in [-0.4, -0.2) is 19.3 Å². The molecule has 0 saturated carbocycles. The Morgan fingerprint density at radius 3 is 2.65 bits per heavy atom. The standard InChI is InChI=1S/C20H18N4O2/c1-13-5-3-7-16(9-13)24-20(26)19-14(2)23(18(25)10-17(19)22-24)12-15-6-4-8-21-11-15/h3-11,22H,12H2,1-2H3. The fourth-order valence-electron chi connectivity index (χ4n) is 3.23. The third-order valence-corrected chi connectivity index (χ3v) is 4.54. The zero-order valence-corrected chi connectivity index (χ0v) is 14.6. The molecule has 4 aromatic rings. The summed E-state index contributed by atoms with van der Waals surface area (Å²) in [6, 6.07) is 12.9. The van der Waals surface area contributed by atoms with E-state index < -0.39 is 0 Å². The maximum absolute atomic E-state index is 13.0. The van der Waals surface area contributed by atoms with Gasteiger partial charge < -0.3 is 4.57 Å². The molecule has 0 fully saturated rings. The first-order valence-corrected chi connectivity index (χ1v) is 8.36. The van der Waals surface area contributed by atoms with Gasteiger partial charge in [0.15, 0.2) is 0 Å². The number of benzene rings is 1. The lowest BCUT2D eigenvalue weighted by atomic mass is 10.2. The second-order valence-electron chi connectivity index (χ2n) is 6.40. The lowest BCUT2D eigenvalue weighted by Gasteiger charge is -2.09. The number of fused-ring (bicyclic) bond motifs is 1. The Balaban J connectivity index is 1.91. The molecule has 0 spiro atoms. The van der Waals surface area contributed by atoms with Crippen molar-refractivity contribution in [1.29, 1.82) is 0 Å². The van der Waals surface area contributed by atoms with E-state index >= 15 is 0 Å². The number of hydrogen-bond donors (Lipinski definition) is 1. The molecule has 26 heavy (non-hydrogen) atoms. The first-order chi connectivity index (χ1) is 12.5. The van der Waals surface area contributed by atoms with Gasteiger partial charge in [-0.3, -0.25) is 19.7 Å². The van der Waals surface area contributed by atoms with Gasteiger partial charge >= 0.3 is 0 Å². The van der Waals surface area contributed by atoms with Gasteiger partial charge in [-0.15, -0.1) is 0 Å². The smallest absolute Gasteiger partial charge is 0.280 e. The van der Waals surface area contributed by atoms with Gasteiger partial charge in [0.1, 0.15) is 0 Å². The molecule has 3 heterocycles. The topological polar surface area (TPSA) is 72.7 Å². The normalized spacial score (nSPS) is 11.2. The van der Waals surface area contributed by atoms with E-state index in [0.717, 1.165) is 16.8 Å². The predicted octanol–water partition coefficient (Wildman–Crippen LogP) is 2.54. The van der Waals surface area contributed by atoms with Gasteiger partial charge in [0.2, 0.25) is 0 Å². The number of H-pyrrole nitrogens is 1. The van der Waals surface area contributed by atoms with Crippen molar-refractivity contribution in [2.75, 3.05) is 0 Å². The van der Waals surface area contributed by atoms with Crippen LogP contribution in [0.3, 0.4) is 0 Å². The SMILES string of the molecule is Cc1cccc(-n2[nH]c3cc(=O)n(Cc4cccnc4)c(C)c3c2=O)c1. The summed E-state index contributed by atoms with van der Waals surface area (Å²) in [5, 5.41) is 3.58. The first kappa shape index (κ1) is 16.1. The molecule has 0 amide bonds. The molecule has 0 unspecified atom stereocenters. The van der Waals surface area contributed by atoms with Crippen molar-refractivity contribution in [2.45, 2.75) is 20.4 Å². The zero-order valence-electron chi connectivity index (χ0n) is 14.6. The van der Waals surface area contributed by atoms with Crippen molar-refractivity contribution in [3.05, 3.63) is 92.4 Å². The summed E-state index contributed by atoms with van der Waals surface area (Å²) in [4.78, 5) is 29.6. The number of nitrogens with one attached hydrogen (secondary N) is 1. The lowest BCUT2D eigenvalue weighted by Crippen LogP contribution is -2.23. The van der Waals surface area contributed by atoms with E-state index in [-0.39, 0.29) is 11.1 Å². The van der Waals surface area contributed by atoms with Crippen LogP contribution in [0.4, 0.5) is 0 Å². The lowest BCUT2D eigenvalue weighted by molar-refractivity contribution is 0.735. The molecule has 0 saturated heterocycles. The maximum atomic E-state index is 13.0. The van der Waals surface area contributed by atoms with Crippen LogP contribution in [0, 0.1) is 13.8 Å². The molecule has 0 atom stereocenters. The van der Waals surface area contributed by atoms with Gasteiger partial charge in [0.25, 0.3) is 11.1 Å². The van der Waals surface area contributed by atoms with Crippen molar-refractivity contribution in [1.82, 2.24) is 19.3 Å². The van der Waals surface area contributed by atoms with Crippen molar-refractivity contribution >= 4 is 10.9 Å². The average molecular weight is 346 g/mol. The highest BCUT2D eigenvalue weighted by Gasteiger charge is 2.15. The second kappa shape index (κ2) is 6.15. The van der Waals surface area contributed by atoms with Gasteiger partial charge in [0, 0.05) is 24.2 Å². The second-order valence-corrected chi connectivity index (χ2v) is 6.40. The first-order valence-electron chi connectivity index (χ1n) is 8.36. The van der Waals surface area contributed by atoms with Crippen LogP contribution in [0.1, 0.15) is 16.8 Å². The summed E-state index contributed by atoms with van der Waals surface area (Å²) in [7, 11) is 0. The number of rotatable bonds is 3. The van der Waals surface area contributed by atoms with Gasteiger partial charge in [-0.05, 0) is 43.2 Å². The molecule has 0 aliphatic rings. The van der Waals surface area contributed by atoms with Crippen LogP contribution >= 0.6 is 0 Å². The summed E-state index contributed by atoms with van der Waals surface area (Å²) < 4.78 is 3.09. The van der Waals surface area contributed by atoms with Crippen molar-refractivity contribution in [3.63, 3.8) is 0 Å². The Hall–Kier alpha value is -3.41. The van der Waals surface area contributed by atoms with E-state index in [0.29, 0.717) is 23.1 Å². The predicted molar refractivity (Wildman–Crippen MR) is 101 cm³/mol. The average Bonchev–Trinajstić information content (AvgIpc) is 2.96. The molecule has 6 heteroatoms. The highest BCUT2D eigenvalue weighted by atomic mass is 16.1. The number of hydrogen-bond acceptors (Lipinski definition) is 3. The number of aromatic nitrogens is 4. The van der Waals surface area contributed by atoms with E-state index in [1.54, 1.807) is 23.9 Å². The largest absolute Gasteiger partial charge is 0.308 e. The highest BCUT2D eigenvalue weighted by molar-refractivity contribution is 5.80. The molecular formula is C20H18N4O2. The fourth-order valence-corrected chi connectivity index (χ4v) is 3.23. The molecular weight excluding hydrogens is 328 g/mol. The van der Waals surface area contributed by atoms with Crippen LogP contribution < -0.4 is 11.1 Å². The van der Waals surface area contributed by atoms with Crippen LogP contribution in [0.15, 0.2) is 64.4 Å². The minimum absolute atomic E-state index is 0.156. The zero-order chi connectivity index (χ0) is 18.3. The van der Waals surface area contributed by atoms with Crippen LogP contribution in [0.5, 0.6) is 0 Å². The Bertz CT molecular complexity index is 1220. The minimum atomic E-state index is -0.164. The Kier molecular flexibility index (Phi) is 3.80. The summed E-state index contributed by atoms with van der Waals surface area (Å²) in [5.74, 6) is 0. The molecule has 0 bridgehead atoms. The van der Waals surface area contributed by atoms with Gasteiger partial charge in [-0.1, -0.05) is 18.2 Å². The van der Waals surface area contributed by atoms with Crippen molar-refractivity contribution < 1.29 is 0 Å². The van der Waals surface area contributed by atoms with Crippen molar-refractivity contribution in [3.8, 4) is 5.69 Å². The number of pyridine rings is 2. The summed E-state index contributed by atoms with van der Waals surface area (Å²) >= 11 is 0. The summed E-state index contributed by atoms with van der Waals surface area (Å²) in [5.41, 5.74) is 3.58. The third kappa shape index (κ3) is 2.65.